The van der Waals surface area contributed by atoms with Crippen LogP contribution in [-0.2, 0) is 0 Å². The van der Waals surface area contributed by atoms with E-state index in [9.17, 15) is 0 Å². The number of rotatable bonds is 12. The normalized spacial score (nSPS) is 11.3. The summed E-state index contributed by atoms with van der Waals surface area (Å²) >= 11 is 0. The molecule has 2 nitrogen and oxygen atoms in total. The van der Waals surface area contributed by atoms with Crippen molar-refractivity contribution in [1.82, 2.24) is 0 Å². The van der Waals surface area contributed by atoms with E-state index in [0.29, 0.717) is 0 Å². The van der Waals surface area contributed by atoms with Crippen molar-refractivity contribution < 1.29 is 0 Å². The van der Waals surface area contributed by atoms with Crippen LogP contribution in [0.2, 0.25) is 0 Å². The molecular weight excluding hydrogens is 941 g/mol. The number of para-hydroxylation sites is 4. The molecule has 366 valence electrons. The van der Waals surface area contributed by atoms with Crippen LogP contribution < -0.4 is 9.80 Å². The van der Waals surface area contributed by atoms with Gasteiger partial charge in [0.15, 0.2) is 0 Å². The Morgan fingerprint density at radius 3 is 0.705 bits per heavy atom. The third-order valence-electron chi connectivity index (χ3n) is 15.5. The Bertz CT molecular complexity index is 3950. The fourth-order valence-corrected chi connectivity index (χ4v) is 11.8. The highest BCUT2D eigenvalue weighted by Crippen LogP contribution is 2.49. The quantitative estimate of drug-likeness (QED) is 0.113. The van der Waals surface area contributed by atoms with Gasteiger partial charge in [-0.05, 0) is 125 Å². The average molecular weight is 993 g/mol. The predicted octanol–water partition coefficient (Wildman–Crippen LogP) is 21.5. The van der Waals surface area contributed by atoms with Crippen LogP contribution in [0.5, 0.6) is 0 Å². The van der Waals surface area contributed by atoms with Gasteiger partial charge in [-0.25, -0.2) is 0 Å². The van der Waals surface area contributed by atoms with Crippen LogP contribution in [0.25, 0.3) is 99.1 Å². The van der Waals surface area contributed by atoms with Crippen molar-refractivity contribution in [2.45, 2.75) is 0 Å². The van der Waals surface area contributed by atoms with Gasteiger partial charge >= 0.3 is 0 Å². The standard InChI is InChI=1S/C76H52N2/c1-5-21-53(22-6-1)65-29-13-17-33-71(65)77(72-34-18-14-30-66(72)54-23-7-2-8-24-54)61-45-37-57(38-46-61)63-49-41-59-44-52-70-64(50-42-60-43-51-69(63)75(59)76(60)70)58-39-47-62(48-40-58)78(73-35-19-15-31-67(73)55-25-9-3-10-26-55)74-36-20-16-32-68(74)56-27-11-4-12-28-56/h1-52H. The van der Waals surface area contributed by atoms with E-state index in [1.165, 1.54) is 99.1 Å². The smallest absolute Gasteiger partial charge is 0.0540 e. The SMILES string of the molecule is c1ccc(-c2ccccc2N(c2ccc(-c3ccc4ccc5c(-c6ccc(N(c7ccccc7-c7ccccc7)c7ccccc7-c7ccccc7)cc6)ccc6ccc3c4c65)cc2)c2ccccc2-c2ccccc2)cc1. The van der Waals surface area contributed by atoms with Gasteiger partial charge in [-0.3, -0.25) is 0 Å². The fraction of sp³-hybridized carbons (Fsp3) is 0. The first-order valence-corrected chi connectivity index (χ1v) is 26.8. The molecule has 0 aromatic heterocycles. The Labute approximate surface area is 456 Å². The zero-order valence-electron chi connectivity index (χ0n) is 42.9. The number of anilines is 6. The van der Waals surface area contributed by atoms with Crippen LogP contribution >= 0.6 is 0 Å². The molecule has 14 aromatic rings. The molecule has 0 atom stereocenters. The van der Waals surface area contributed by atoms with Crippen molar-refractivity contribution in [1.29, 1.82) is 0 Å². The van der Waals surface area contributed by atoms with Gasteiger partial charge in [0.25, 0.3) is 0 Å². The van der Waals surface area contributed by atoms with Crippen molar-refractivity contribution >= 4 is 66.4 Å². The molecule has 0 fully saturated rings. The lowest BCUT2D eigenvalue weighted by Crippen LogP contribution is -2.12. The largest absolute Gasteiger partial charge is 0.309 e. The van der Waals surface area contributed by atoms with E-state index in [1.807, 2.05) is 0 Å². The van der Waals surface area contributed by atoms with Crippen LogP contribution in [0.1, 0.15) is 0 Å². The highest BCUT2D eigenvalue weighted by Gasteiger charge is 2.23. The summed E-state index contributed by atoms with van der Waals surface area (Å²) in [6.07, 6.45) is 0. The van der Waals surface area contributed by atoms with Crippen molar-refractivity contribution in [2.75, 3.05) is 9.80 Å². The minimum atomic E-state index is 1.09. The summed E-state index contributed by atoms with van der Waals surface area (Å²) in [6, 6.07) is 115. The maximum atomic E-state index is 2.43. The molecule has 0 aliphatic rings. The molecule has 78 heavy (non-hydrogen) atoms. The summed E-state index contributed by atoms with van der Waals surface area (Å²) in [5.41, 5.74) is 20.8. The highest BCUT2D eigenvalue weighted by molar-refractivity contribution is 6.27. The van der Waals surface area contributed by atoms with Crippen LogP contribution in [0.3, 0.4) is 0 Å². The van der Waals surface area contributed by atoms with Crippen molar-refractivity contribution in [3.05, 3.63) is 315 Å². The zero-order chi connectivity index (χ0) is 51.8. The van der Waals surface area contributed by atoms with E-state index in [2.05, 4.69) is 325 Å². The van der Waals surface area contributed by atoms with Gasteiger partial charge in [-0.2, -0.15) is 0 Å². The number of hydrogen-bond donors (Lipinski definition) is 0. The first kappa shape index (κ1) is 46.3. The topological polar surface area (TPSA) is 6.48 Å². The van der Waals surface area contributed by atoms with Gasteiger partial charge in [-0.15, -0.1) is 0 Å². The van der Waals surface area contributed by atoms with E-state index in [4.69, 9.17) is 0 Å². The van der Waals surface area contributed by atoms with Crippen molar-refractivity contribution in [3.8, 4) is 66.8 Å². The Kier molecular flexibility index (Phi) is 11.9. The molecule has 0 aliphatic carbocycles. The second-order valence-corrected chi connectivity index (χ2v) is 19.9. The lowest BCUT2D eigenvalue weighted by molar-refractivity contribution is 1.28. The maximum absolute atomic E-state index is 2.43. The lowest BCUT2D eigenvalue weighted by atomic mass is 9.87. The molecule has 0 unspecified atom stereocenters. The molecule has 0 saturated carbocycles. The zero-order valence-corrected chi connectivity index (χ0v) is 42.9. The first-order chi connectivity index (χ1) is 38.7. The summed E-state index contributed by atoms with van der Waals surface area (Å²) in [4.78, 5) is 4.86. The summed E-state index contributed by atoms with van der Waals surface area (Å²) in [6.45, 7) is 0. The van der Waals surface area contributed by atoms with E-state index in [1.54, 1.807) is 0 Å². The molecule has 0 heterocycles. The first-order valence-electron chi connectivity index (χ1n) is 26.8. The highest BCUT2D eigenvalue weighted by atomic mass is 15.2. The maximum Gasteiger partial charge on any atom is 0.0540 e. The molecular formula is C76H52N2. The Hall–Kier alpha value is -10.3. The van der Waals surface area contributed by atoms with Gasteiger partial charge in [0.2, 0.25) is 0 Å². The molecule has 0 saturated heterocycles. The summed E-state index contributed by atoms with van der Waals surface area (Å²) < 4.78 is 0. The van der Waals surface area contributed by atoms with Gasteiger partial charge in [0.1, 0.15) is 0 Å². The van der Waals surface area contributed by atoms with Gasteiger partial charge in [-0.1, -0.05) is 267 Å². The number of hydrogen-bond acceptors (Lipinski definition) is 2. The van der Waals surface area contributed by atoms with Crippen LogP contribution in [0, 0.1) is 0 Å². The number of nitrogens with zero attached hydrogens (tertiary/aromatic N) is 2. The van der Waals surface area contributed by atoms with E-state index >= 15 is 0 Å². The van der Waals surface area contributed by atoms with Gasteiger partial charge in [0.05, 0.1) is 22.7 Å². The number of benzene rings is 14. The molecule has 14 rings (SSSR count). The van der Waals surface area contributed by atoms with Gasteiger partial charge < -0.3 is 9.80 Å². The van der Waals surface area contributed by atoms with Crippen molar-refractivity contribution in [2.24, 2.45) is 0 Å². The molecule has 14 aromatic carbocycles. The summed E-state index contributed by atoms with van der Waals surface area (Å²) in [7, 11) is 0. The molecule has 0 bridgehead atoms. The van der Waals surface area contributed by atoms with Crippen LogP contribution in [0.15, 0.2) is 315 Å². The van der Waals surface area contributed by atoms with E-state index in [0.717, 1.165) is 34.1 Å². The molecule has 0 radical (unpaired) electrons. The Morgan fingerprint density at radius 2 is 0.410 bits per heavy atom. The van der Waals surface area contributed by atoms with Crippen molar-refractivity contribution in [3.63, 3.8) is 0 Å². The second-order valence-electron chi connectivity index (χ2n) is 19.9. The van der Waals surface area contributed by atoms with Crippen LogP contribution in [-0.4, -0.2) is 0 Å². The van der Waals surface area contributed by atoms with E-state index in [-0.39, 0.29) is 0 Å². The second kappa shape index (κ2) is 20.1. The summed E-state index contributed by atoms with van der Waals surface area (Å²) in [5.74, 6) is 0. The third-order valence-corrected chi connectivity index (χ3v) is 15.5. The van der Waals surface area contributed by atoms with Crippen LogP contribution in [0.4, 0.5) is 34.1 Å². The molecule has 2 heteroatoms. The molecule has 0 amide bonds. The molecule has 0 aliphatic heterocycles. The third kappa shape index (κ3) is 8.34. The lowest BCUT2D eigenvalue weighted by Gasteiger charge is -2.30. The van der Waals surface area contributed by atoms with Gasteiger partial charge in [0, 0.05) is 33.6 Å². The predicted molar refractivity (Wildman–Crippen MR) is 332 cm³/mol. The summed E-state index contributed by atoms with van der Waals surface area (Å²) in [5, 5.41) is 7.56. The average Bonchev–Trinajstić information content (AvgIpc) is 3.59. The molecule has 0 N–H and O–H groups in total. The Balaban J connectivity index is 0.864. The van der Waals surface area contributed by atoms with E-state index < -0.39 is 0 Å². The Morgan fingerprint density at radius 1 is 0.167 bits per heavy atom. The minimum Gasteiger partial charge on any atom is -0.309 e. The molecule has 0 spiro atoms. The monoisotopic (exact) mass is 992 g/mol. The fourth-order valence-electron chi connectivity index (χ4n) is 11.8. The minimum absolute atomic E-state index is 1.09.